The highest BCUT2D eigenvalue weighted by molar-refractivity contribution is 9.10. The highest BCUT2D eigenvalue weighted by Gasteiger charge is 2.07. The van der Waals surface area contributed by atoms with Crippen molar-refractivity contribution in [2.75, 3.05) is 0 Å². The average Bonchev–Trinajstić information content (AvgIpc) is 2.78. The van der Waals surface area contributed by atoms with E-state index in [-0.39, 0.29) is 5.70 Å². The molecule has 0 aliphatic carbocycles. The molecule has 1 aromatic heterocycles. The zero-order valence-corrected chi connectivity index (χ0v) is 10.2. The van der Waals surface area contributed by atoms with Gasteiger partial charge >= 0.3 is 0 Å². The average molecular weight is 291 g/mol. The fourth-order valence-electron chi connectivity index (χ4n) is 1.21. The predicted octanol–water partition coefficient (Wildman–Crippen LogP) is 3.24. The normalized spacial score (nSPS) is 11.1. The topological polar surface area (TPSA) is 53.9 Å². The molecular formula is C10H3BrN4S. The molecule has 0 radical (unpaired) electrons. The Morgan fingerprint density at radius 1 is 1.50 bits per heavy atom. The minimum absolute atomic E-state index is 0.0385. The summed E-state index contributed by atoms with van der Waals surface area (Å²) in [5, 5.41) is 8.69. The zero-order valence-electron chi connectivity index (χ0n) is 7.81. The number of halogens is 1. The standard InChI is InChI=1S/C10H3BrN4S/c1-13-7(5-12)4-6-2-3-8(11)10-9(6)14-16-15-10/h2-4H/b7-4-. The van der Waals surface area contributed by atoms with Crippen LogP contribution in [-0.2, 0) is 0 Å². The van der Waals surface area contributed by atoms with E-state index in [9.17, 15) is 0 Å². The summed E-state index contributed by atoms with van der Waals surface area (Å²) >= 11 is 4.47. The minimum atomic E-state index is 0.0385. The second-order valence-electron chi connectivity index (χ2n) is 2.85. The summed E-state index contributed by atoms with van der Waals surface area (Å²) in [6.07, 6.45) is 1.52. The summed E-state index contributed by atoms with van der Waals surface area (Å²) in [5.74, 6) is 0. The maximum absolute atomic E-state index is 8.69. The van der Waals surface area contributed by atoms with Gasteiger partial charge in [0.25, 0.3) is 5.70 Å². The molecule has 0 saturated carbocycles. The third-order valence-corrected chi connectivity index (χ3v) is 3.09. The van der Waals surface area contributed by atoms with Gasteiger partial charge in [0.1, 0.15) is 11.0 Å². The van der Waals surface area contributed by atoms with Gasteiger partial charge in [-0.25, -0.2) is 10.1 Å². The van der Waals surface area contributed by atoms with Gasteiger partial charge in [0.2, 0.25) is 0 Å². The van der Waals surface area contributed by atoms with Crippen LogP contribution >= 0.6 is 27.7 Å². The molecular weight excluding hydrogens is 288 g/mol. The Hall–Kier alpha value is -1.76. The van der Waals surface area contributed by atoms with Crippen molar-refractivity contribution in [2.45, 2.75) is 0 Å². The number of hydrogen-bond acceptors (Lipinski definition) is 4. The third kappa shape index (κ3) is 1.81. The second kappa shape index (κ2) is 4.40. The first-order valence-electron chi connectivity index (χ1n) is 4.16. The maximum Gasteiger partial charge on any atom is 0.262 e. The molecule has 0 fully saturated rings. The van der Waals surface area contributed by atoms with Crippen LogP contribution in [0.4, 0.5) is 0 Å². The summed E-state index contributed by atoms with van der Waals surface area (Å²) in [4.78, 5) is 3.11. The molecule has 0 saturated heterocycles. The number of fused-ring (bicyclic) bond motifs is 1. The van der Waals surface area contributed by atoms with Gasteiger partial charge in [0, 0.05) is 4.47 Å². The van der Waals surface area contributed by atoms with E-state index in [1.807, 2.05) is 12.1 Å². The van der Waals surface area contributed by atoms with Crippen molar-refractivity contribution in [3.63, 3.8) is 0 Å². The molecule has 1 heterocycles. The van der Waals surface area contributed by atoms with Crippen molar-refractivity contribution >= 4 is 44.8 Å². The SMILES string of the molecule is [C-]#[N+]/C(C#N)=C\c1ccc(Br)c2nsnc12. The Morgan fingerprint density at radius 2 is 2.25 bits per heavy atom. The summed E-state index contributed by atoms with van der Waals surface area (Å²) in [5.41, 5.74) is 2.23. The summed E-state index contributed by atoms with van der Waals surface area (Å²) in [7, 11) is 0. The van der Waals surface area contributed by atoms with Crippen molar-refractivity contribution in [3.8, 4) is 6.07 Å². The van der Waals surface area contributed by atoms with Gasteiger partial charge in [0.15, 0.2) is 0 Å². The largest absolute Gasteiger partial charge is 0.262 e. The lowest BCUT2D eigenvalue weighted by Crippen LogP contribution is -1.80. The van der Waals surface area contributed by atoms with E-state index in [2.05, 4.69) is 29.5 Å². The second-order valence-corrected chi connectivity index (χ2v) is 4.23. The molecule has 16 heavy (non-hydrogen) atoms. The van der Waals surface area contributed by atoms with Crippen molar-refractivity contribution in [1.82, 2.24) is 8.75 Å². The van der Waals surface area contributed by atoms with E-state index in [1.54, 1.807) is 6.07 Å². The van der Waals surface area contributed by atoms with E-state index >= 15 is 0 Å². The molecule has 0 unspecified atom stereocenters. The highest BCUT2D eigenvalue weighted by Crippen LogP contribution is 2.26. The number of allylic oxidation sites excluding steroid dienone is 1. The predicted molar refractivity (Wildman–Crippen MR) is 65.3 cm³/mol. The number of nitriles is 1. The highest BCUT2D eigenvalue weighted by atomic mass is 79.9. The van der Waals surface area contributed by atoms with Crippen LogP contribution < -0.4 is 0 Å². The van der Waals surface area contributed by atoms with E-state index in [1.165, 1.54) is 6.08 Å². The molecule has 2 aromatic rings. The maximum atomic E-state index is 8.69. The Balaban J connectivity index is 2.69. The first-order valence-corrected chi connectivity index (χ1v) is 5.68. The van der Waals surface area contributed by atoms with E-state index in [4.69, 9.17) is 11.8 Å². The molecule has 0 N–H and O–H groups in total. The molecule has 0 amide bonds. The summed E-state index contributed by atoms with van der Waals surface area (Å²) in [6.45, 7) is 6.81. The molecule has 0 aliphatic rings. The number of nitrogens with zero attached hydrogens (tertiary/aromatic N) is 4. The van der Waals surface area contributed by atoms with Crippen molar-refractivity contribution < 1.29 is 0 Å². The Morgan fingerprint density at radius 3 is 2.94 bits per heavy atom. The minimum Gasteiger partial charge on any atom is -0.227 e. The number of rotatable bonds is 1. The lowest BCUT2D eigenvalue weighted by atomic mass is 10.1. The van der Waals surface area contributed by atoms with Gasteiger partial charge in [0.05, 0.1) is 24.4 Å². The van der Waals surface area contributed by atoms with Gasteiger partial charge in [-0.1, -0.05) is 6.07 Å². The van der Waals surface area contributed by atoms with Crippen molar-refractivity contribution in [2.24, 2.45) is 0 Å². The van der Waals surface area contributed by atoms with E-state index in [0.29, 0.717) is 5.52 Å². The van der Waals surface area contributed by atoms with Gasteiger partial charge in [-0.2, -0.15) is 8.75 Å². The lowest BCUT2D eigenvalue weighted by Gasteiger charge is -1.96. The molecule has 1 aromatic carbocycles. The quantitative estimate of drug-likeness (QED) is 0.598. The Bertz CT molecular complexity index is 643. The molecule has 0 bridgehead atoms. The fourth-order valence-corrected chi connectivity index (χ4v) is 2.32. The fraction of sp³-hybridized carbons (Fsp3) is 0. The van der Waals surface area contributed by atoms with Gasteiger partial charge in [-0.05, 0) is 33.6 Å². The van der Waals surface area contributed by atoms with Gasteiger partial charge in [-0.3, -0.25) is 0 Å². The summed E-state index contributed by atoms with van der Waals surface area (Å²) < 4.78 is 9.13. The number of benzene rings is 1. The molecule has 0 spiro atoms. The third-order valence-electron chi connectivity index (χ3n) is 1.92. The zero-order chi connectivity index (χ0) is 11.5. The van der Waals surface area contributed by atoms with Crippen LogP contribution in [0.1, 0.15) is 5.56 Å². The van der Waals surface area contributed by atoms with Crippen LogP contribution in [0.15, 0.2) is 22.3 Å². The van der Waals surface area contributed by atoms with Crippen LogP contribution in [-0.4, -0.2) is 8.75 Å². The Labute approximate surface area is 104 Å². The monoisotopic (exact) mass is 290 g/mol. The molecule has 2 rings (SSSR count). The molecule has 0 aliphatic heterocycles. The van der Waals surface area contributed by atoms with Crippen LogP contribution in [0.25, 0.3) is 22.0 Å². The van der Waals surface area contributed by atoms with Crippen LogP contribution in [0.2, 0.25) is 0 Å². The van der Waals surface area contributed by atoms with E-state index in [0.717, 1.165) is 27.3 Å². The van der Waals surface area contributed by atoms with Gasteiger partial charge in [-0.15, -0.1) is 0 Å². The van der Waals surface area contributed by atoms with Crippen LogP contribution in [0.3, 0.4) is 0 Å². The summed E-state index contributed by atoms with van der Waals surface area (Å²) in [6, 6.07) is 5.45. The first kappa shape index (κ1) is 10.7. The number of aromatic nitrogens is 2. The van der Waals surface area contributed by atoms with E-state index < -0.39 is 0 Å². The van der Waals surface area contributed by atoms with Crippen LogP contribution in [0, 0.1) is 17.9 Å². The molecule has 4 nitrogen and oxygen atoms in total. The molecule has 6 heteroatoms. The number of hydrogen-bond donors (Lipinski definition) is 0. The van der Waals surface area contributed by atoms with Crippen molar-refractivity contribution in [3.05, 3.63) is 39.3 Å². The molecule has 76 valence electrons. The first-order chi connectivity index (χ1) is 7.76. The van der Waals surface area contributed by atoms with Crippen molar-refractivity contribution in [1.29, 1.82) is 5.26 Å². The lowest BCUT2D eigenvalue weighted by molar-refractivity contribution is 1.50. The Kier molecular flexibility index (Phi) is 2.95. The van der Waals surface area contributed by atoms with Crippen LogP contribution in [0.5, 0.6) is 0 Å². The smallest absolute Gasteiger partial charge is 0.227 e. The van der Waals surface area contributed by atoms with Gasteiger partial charge < -0.3 is 0 Å². The molecule has 0 atom stereocenters.